The molecule has 0 aliphatic carbocycles. The van der Waals surface area contributed by atoms with Gasteiger partial charge in [-0.3, -0.25) is 19.1 Å². The fraction of sp³-hybridized carbons (Fsp3) is 0.320. The summed E-state index contributed by atoms with van der Waals surface area (Å²) in [6.45, 7) is 2.35. The second-order valence-electron chi connectivity index (χ2n) is 8.29. The Labute approximate surface area is 205 Å². The second-order valence-corrected chi connectivity index (χ2v) is 10.1. The number of hydrogen-bond donors (Lipinski definition) is 1. The molecule has 34 heavy (non-hydrogen) atoms. The number of amides is 1. The lowest BCUT2D eigenvalue weighted by Crippen LogP contribution is -2.39. The monoisotopic (exact) mass is 494 g/mol. The summed E-state index contributed by atoms with van der Waals surface area (Å²) in [5.41, 5.74) is 1.75. The summed E-state index contributed by atoms with van der Waals surface area (Å²) in [7, 11) is 1.67. The quantitative estimate of drug-likeness (QED) is 0.398. The van der Waals surface area contributed by atoms with Gasteiger partial charge < -0.3 is 10.1 Å². The van der Waals surface area contributed by atoms with E-state index in [0.717, 1.165) is 47.7 Å². The van der Waals surface area contributed by atoms with Crippen LogP contribution in [0.5, 0.6) is 5.75 Å². The van der Waals surface area contributed by atoms with Gasteiger partial charge in [0.25, 0.3) is 5.56 Å². The van der Waals surface area contributed by atoms with Gasteiger partial charge in [0.1, 0.15) is 17.1 Å². The summed E-state index contributed by atoms with van der Waals surface area (Å²) < 4.78 is 6.99. The normalized spacial score (nSPS) is 15.0. The first kappa shape index (κ1) is 22.8. The summed E-state index contributed by atoms with van der Waals surface area (Å²) in [6, 6.07) is 11.9. The standard InChI is InChI=1S/C25H26N4O3S2/c1-32-20-8-3-2-7-17(20)19(28-10-4-5-11-28)13-26-22(30)14-29-16-27-24-23(25(29)31)18(15-34-24)21-9-6-12-33-21/h2-3,6-9,12,15-16,19H,4-5,10-11,13-14H2,1H3,(H,26,30)/t19-/m1/s1. The van der Waals surface area contributed by atoms with Crippen LogP contribution in [0.4, 0.5) is 0 Å². The van der Waals surface area contributed by atoms with Gasteiger partial charge in [0.2, 0.25) is 5.91 Å². The van der Waals surface area contributed by atoms with Crippen LogP contribution in [0.3, 0.4) is 0 Å². The van der Waals surface area contributed by atoms with Crippen molar-refractivity contribution in [3.8, 4) is 16.2 Å². The molecule has 1 aliphatic rings. The van der Waals surface area contributed by atoms with Gasteiger partial charge in [-0.15, -0.1) is 22.7 Å². The Kier molecular flexibility index (Phi) is 6.75. The Hall–Kier alpha value is -3.01. The number of nitrogens with one attached hydrogen (secondary N) is 1. The smallest absolute Gasteiger partial charge is 0.263 e. The molecule has 3 aromatic heterocycles. The Balaban J connectivity index is 1.35. The Morgan fingerprint density at radius 3 is 2.76 bits per heavy atom. The molecule has 1 fully saturated rings. The Bertz CT molecular complexity index is 1340. The average molecular weight is 495 g/mol. The molecule has 7 nitrogen and oxygen atoms in total. The zero-order valence-corrected chi connectivity index (χ0v) is 20.5. The lowest BCUT2D eigenvalue weighted by Gasteiger charge is -2.29. The van der Waals surface area contributed by atoms with E-state index < -0.39 is 0 Å². The van der Waals surface area contributed by atoms with Crippen LogP contribution in [0.25, 0.3) is 20.7 Å². The van der Waals surface area contributed by atoms with Crippen molar-refractivity contribution in [3.05, 3.63) is 69.4 Å². The van der Waals surface area contributed by atoms with Crippen molar-refractivity contribution in [2.24, 2.45) is 0 Å². The third-order valence-electron chi connectivity index (χ3n) is 6.23. The van der Waals surface area contributed by atoms with Crippen LogP contribution in [0.15, 0.2) is 58.3 Å². The number of rotatable bonds is 8. The van der Waals surface area contributed by atoms with Crippen LogP contribution in [0.2, 0.25) is 0 Å². The fourth-order valence-corrected chi connectivity index (χ4v) is 6.27. The first-order valence-corrected chi connectivity index (χ1v) is 13.1. The summed E-state index contributed by atoms with van der Waals surface area (Å²) >= 11 is 3.03. The highest BCUT2D eigenvalue weighted by Crippen LogP contribution is 2.33. The topological polar surface area (TPSA) is 76.5 Å². The average Bonchev–Trinajstić information content (AvgIpc) is 3.63. The number of benzene rings is 1. The van der Waals surface area contributed by atoms with Crippen molar-refractivity contribution in [1.29, 1.82) is 0 Å². The van der Waals surface area contributed by atoms with Crippen molar-refractivity contribution in [1.82, 2.24) is 19.8 Å². The van der Waals surface area contributed by atoms with Crippen molar-refractivity contribution in [2.45, 2.75) is 25.4 Å². The number of fused-ring (bicyclic) bond motifs is 1. The van der Waals surface area contributed by atoms with E-state index >= 15 is 0 Å². The highest BCUT2D eigenvalue weighted by Gasteiger charge is 2.26. The molecule has 4 heterocycles. The number of thiophene rings is 2. The maximum absolute atomic E-state index is 13.2. The molecule has 0 unspecified atom stereocenters. The van der Waals surface area contributed by atoms with Gasteiger partial charge in [-0.05, 0) is 43.4 Å². The van der Waals surface area contributed by atoms with E-state index in [4.69, 9.17) is 4.74 Å². The minimum atomic E-state index is -0.213. The van der Waals surface area contributed by atoms with E-state index in [1.807, 2.05) is 41.1 Å². The van der Waals surface area contributed by atoms with Crippen LogP contribution in [0.1, 0.15) is 24.4 Å². The molecule has 0 spiro atoms. The molecule has 1 amide bonds. The Morgan fingerprint density at radius 2 is 2.00 bits per heavy atom. The van der Waals surface area contributed by atoms with Crippen molar-refractivity contribution < 1.29 is 9.53 Å². The predicted molar refractivity (Wildman–Crippen MR) is 137 cm³/mol. The minimum absolute atomic E-state index is 0.0160. The number of carbonyl (C=O) groups excluding carboxylic acids is 1. The van der Waals surface area contributed by atoms with Gasteiger partial charge in [0, 0.05) is 27.9 Å². The zero-order chi connectivity index (χ0) is 23.5. The predicted octanol–water partition coefficient (Wildman–Crippen LogP) is 4.15. The molecule has 1 N–H and O–H groups in total. The number of nitrogens with zero attached hydrogens (tertiary/aromatic N) is 3. The number of aromatic nitrogens is 2. The molecular formula is C25H26N4O3S2. The van der Waals surface area contributed by atoms with Gasteiger partial charge in [0.15, 0.2) is 0 Å². The van der Waals surface area contributed by atoms with Crippen molar-refractivity contribution in [2.75, 3.05) is 26.7 Å². The summed E-state index contributed by atoms with van der Waals surface area (Å²) in [5, 5.41) is 7.57. The molecule has 4 aromatic rings. The number of methoxy groups -OCH3 is 1. The summed E-state index contributed by atoms with van der Waals surface area (Å²) in [5.74, 6) is 0.605. The minimum Gasteiger partial charge on any atom is -0.496 e. The van der Waals surface area contributed by atoms with E-state index in [1.165, 1.54) is 22.2 Å². The van der Waals surface area contributed by atoms with E-state index in [-0.39, 0.29) is 24.1 Å². The molecule has 5 rings (SSSR count). The highest BCUT2D eigenvalue weighted by atomic mass is 32.1. The molecule has 1 aromatic carbocycles. The third kappa shape index (κ3) is 4.51. The van der Waals surface area contributed by atoms with Gasteiger partial charge in [-0.25, -0.2) is 4.98 Å². The zero-order valence-electron chi connectivity index (χ0n) is 18.9. The van der Waals surface area contributed by atoms with Gasteiger partial charge >= 0.3 is 0 Å². The largest absolute Gasteiger partial charge is 0.496 e. The molecule has 1 aliphatic heterocycles. The third-order valence-corrected chi connectivity index (χ3v) is 8.02. The van der Waals surface area contributed by atoms with E-state index in [0.29, 0.717) is 16.8 Å². The molecule has 0 radical (unpaired) electrons. The highest BCUT2D eigenvalue weighted by molar-refractivity contribution is 7.18. The molecular weight excluding hydrogens is 468 g/mol. The lowest BCUT2D eigenvalue weighted by molar-refractivity contribution is -0.122. The lowest BCUT2D eigenvalue weighted by atomic mass is 10.0. The molecule has 176 valence electrons. The molecule has 0 bridgehead atoms. The first-order chi connectivity index (χ1) is 16.7. The second kappa shape index (κ2) is 10.1. The van der Waals surface area contributed by atoms with Crippen LogP contribution >= 0.6 is 22.7 Å². The van der Waals surface area contributed by atoms with Gasteiger partial charge in [-0.2, -0.15) is 0 Å². The van der Waals surface area contributed by atoms with Crippen LogP contribution in [0, 0.1) is 0 Å². The summed E-state index contributed by atoms with van der Waals surface area (Å²) in [4.78, 5) is 34.7. The molecule has 1 atom stereocenters. The maximum atomic E-state index is 13.2. The number of carbonyl (C=O) groups is 1. The van der Waals surface area contributed by atoms with Crippen LogP contribution in [-0.2, 0) is 11.3 Å². The number of hydrogen-bond acceptors (Lipinski definition) is 7. The number of likely N-dealkylation sites (tertiary alicyclic amines) is 1. The van der Waals surface area contributed by atoms with E-state index in [9.17, 15) is 9.59 Å². The van der Waals surface area contributed by atoms with Crippen LogP contribution < -0.4 is 15.6 Å². The van der Waals surface area contributed by atoms with Crippen molar-refractivity contribution >= 4 is 38.8 Å². The molecule has 1 saturated heterocycles. The SMILES string of the molecule is COc1ccccc1[C@@H](CNC(=O)Cn1cnc2scc(-c3cccs3)c2c1=O)N1CCCC1. The Morgan fingerprint density at radius 1 is 1.18 bits per heavy atom. The molecule has 0 saturated carbocycles. The molecule has 9 heteroatoms. The number of para-hydroxylation sites is 1. The number of ether oxygens (including phenoxy) is 1. The van der Waals surface area contributed by atoms with Gasteiger partial charge in [-0.1, -0.05) is 24.3 Å². The first-order valence-electron chi connectivity index (χ1n) is 11.3. The van der Waals surface area contributed by atoms with Crippen molar-refractivity contribution in [3.63, 3.8) is 0 Å². The maximum Gasteiger partial charge on any atom is 0.263 e. The fourth-order valence-electron chi connectivity index (χ4n) is 4.55. The van der Waals surface area contributed by atoms with Crippen LogP contribution in [-0.4, -0.2) is 47.1 Å². The van der Waals surface area contributed by atoms with Gasteiger partial charge in [0.05, 0.1) is 24.9 Å². The summed E-state index contributed by atoms with van der Waals surface area (Å²) in [6.07, 6.45) is 3.76. The van der Waals surface area contributed by atoms with E-state index in [1.54, 1.807) is 18.4 Å². The van der Waals surface area contributed by atoms with E-state index in [2.05, 4.69) is 21.3 Å².